The number of aromatic nitrogens is 1. The second kappa shape index (κ2) is 6.16. The molecule has 5 N–H and O–H groups in total. The number of hydrogen-bond donors (Lipinski definition) is 4. The van der Waals surface area contributed by atoms with E-state index in [0.29, 0.717) is 0 Å². The monoisotopic (exact) mass is 301 g/mol. The number of amides is 1. The zero-order chi connectivity index (χ0) is 15.4. The van der Waals surface area contributed by atoms with Gasteiger partial charge in [-0.2, -0.15) is 0 Å². The maximum Gasteiger partial charge on any atom is 0.244 e. The van der Waals surface area contributed by atoms with E-state index in [9.17, 15) is 13.2 Å². The van der Waals surface area contributed by atoms with Gasteiger partial charge in [0, 0.05) is 26.0 Å². The van der Waals surface area contributed by atoms with E-state index in [1.54, 1.807) is 13.8 Å². The van der Waals surface area contributed by atoms with Gasteiger partial charge < -0.3 is 10.7 Å². The van der Waals surface area contributed by atoms with Gasteiger partial charge in [0.2, 0.25) is 15.9 Å². The van der Waals surface area contributed by atoms with E-state index in [-0.39, 0.29) is 23.0 Å². The summed E-state index contributed by atoms with van der Waals surface area (Å²) in [5.74, 6) is 5.00. The van der Waals surface area contributed by atoms with Crippen molar-refractivity contribution in [3.05, 3.63) is 18.5 Å². The van der Waals surface area contributed by atoms with Crippen molar-refractivity contribution in [2.45, 2.75) is 18.7 Å². The van der Waals surface area contributed by atoms with Gasteiger partial charge in [-0.25, -0.2) is 13.1 Å². The molecule has 1 aromatic rings. The molecule has 1 heterocycles. The van der Waals surface area contributed by atoms with Crippen LogP contribution in [-0.4, -0.2) is 32.9 Å². The van der Waals surface area contributed by atoms with E-state index in [4.69, 9.17) is 5.84 Å². The third kappa shape index (κ3) is 3.65. The number of nitrogens with zero attached hydrogens (tertiary/aromatic N) is 1. The first-order chi connectivity index (χ1) is 9.24. The molecule has 20 heavy (non-hydrogen) atoms. The third-order valence-electron chi connectivity index (χ3n) is 2.78. The Hall–Kier alpha value is -1.71. The number of hydrazine groups is 1. The SMILES string of the molecule is CNC(=O)C(C)(C)CNS(=O)(=O)c1cnccc1NN. The van der Waals surface area contributed by atoms with Crippen molar-refractivity contribution in [1.29, 1.82) is 0 Å². The molecule has 8 nitrogen and oxygen atoms in total. The van der Waals surface area contributed by atoms with Crippen LogP contribution in [0.3, 0.4) is 0 Å². The summed E-state index contributed by atoms with van der Waals surface area (Å²) in [6.07, 6.45) is 2.60. The van der Waals surface area contributed by atoms with Crippen LogP contribution in [-0.2, 0) is 14.8 Å². The van der Waals surface area contributed by atoms with Crippen molar-refractivity contribution >= 4 is 21.6 Å². The highest BCUT2D eigenvalue weighted by Crippen LogP contribution is 2.20. The Labute approximate surface area is 118 Å². The van der Waals surface area contributed by atoms with Gasteiger partial charge in [0.15, 0.2) is 0 Å². The topological polar surface area (TPSA) is 126 Å². The molecule has 0 aliphatic carbocycles. The average Bonchev–Trinajstić information content (AvgIpc) is 2.44. The summed E-state index contributed by atoms with van der Waals surface area (Å²) in [7, 11) is -2.32. The molecule has 0 unspecified atom stereocenters. The molecular weight excluding hydrogens is 282 g/mol. The van der Waals surface area contributed by atoms with E-state index in [1.165, 1.54) is 25.5 Å². The number of carbonyl (C=O) groups is 1. The van der Waals surface area contributed by atoms with E-state index in [1.807, 2.05) is 0 Å². The molecule has 1 rings (SSSR count). The van der Waals surface area contributed by atoms with Gasteiger partial charge in [0.05, 0.1) is 11.1 Å². The van der Waals surface area contributed by atoms with Crippen LogP contribution in [0.1, 0.15) is 13.8 Å². The summed E-state index contributed by atoms with van der Waals surface area (Å²) in [6.45, 7) is 3.23. The highest BCUT2D eigenvalue weighted by Gasteiger charge is 2.29. The second-order valence-corrected chi connectivity index (χ2v) is 6.54. The summed E-state index contributed by atoms with van der Waals surface area (Å²) in [5, 5.41) is 2.49. The Morgan fingerprint density at radius 3 is 2.65 bits per heavy atom. The lowest BCUT2D eigenvalue weighted by Crippen LogP contribution is -2.43. The molecule has 0 radical (unpaired) electrons. The molecule has 1 aromatic heterocycles. The van der Waals surface area contributed by atoms with Crippen molar-refractivity contribution in [3.63, 3.8) is 0 Å². The van der Waals surface area contributed by atoms with Gasteiger partial charge in [-0.3, -0.25) is 15.6 Å². The number of anilines is 1. The molecule has 9 heteroatoms. The van der Waals surface area contributed by atoms with Crippen LogP contribution in [0.25, 0.3) is 0 Å². The molecule has 0 aliphatic heterocycles. The largest absolute Gasteiger partial charge is 0.359 e. The molecule has 0 atom stereocenters. The standard InChI is InChI=1S/C11H19N5O3S/c1-11(2,10(17)13-3)7-15-20(18,19)9-6-14-5-4-8(9)16-12/h4-6,15H,7,12H2,1-3H3,(H,13,17)(H,14,16). The van der Waals surface area contributed by atoms with E-state index >= 15 is 0 Å². The number of pyridine rings is 1. The summed E-state index contributed by atoms with van der Waals surface area (Å²) in [6, 6.07) is 1.44. The second-order valence-electron chi connectivity index (χ2n) is 4.80. The number of hydrogen-bond acceptors (Lipinski definition) is 6. The lowest BCUT2D eigenvalue weighted by atomic mass is 9.93. The summed E-state index contributed by atoms with van der Waals surface area (Å²) in [4.78, 5) is 15.3. The van der Waals surface area contributed by atoms with Gasteiger partial charge in [-0.1, -0.05) is 0 Å². The number of nitrogens with one attached hydrogen (secondary N) is 3. The number of sulfonamides is 1. The van der Waals surface area contributed by atoms with Crippen LogP contribution < -0.4 is 21.3 Å². The fourth-order valence-corrected chi connectivity index (χ4v) is 2.81. The summed E-state index contributed by atoms with van der Waals surface area (Å²) < 4.78 is 26.8. The van der Waals surface area contributed by atoms with Crippen LogP contribution in [0.15, 0.2) is 23.4 Å². The first-order valence-electron chi connectivity index (χ1n) is 5.87. The van der Waals surface area contributed by atoms with Crippen molar-refractivity contribution in [2.75, 3.05) is 19.0 Å². The molecule has 0 fully saturated rings. The highest BCUT2D eigenvalue weighted by molar-refractivity contribution is 7.89. The first kappa shape index (κ1) is 16.3. The summed E-state index contributed by atoms with van der Waals surface area (Å²) >= 11 is 0. The normalized spacial score (nSPS) is 12.0. The van der Waals surface area contributed by atoms with Gasteiger partial charge >= 0.3 is 0 Å². The van der Waals surface area contributed by atoms with Crippen LogP contribution in [0, 0.1) is 5.41 Å². The molecular formula is C11H19N5O3S. The zero-order valence-electron chi connectivity index (χ0n) is 11.6. The molecule has 0 aromatic carbocycles. The number of nitrogen functional groups attached to an aromatic ring is 1. The van der Waals surface area contributed by atoms with Crippen molar-refractivity contribution in [2.24, 2.45) is 11.3 Å². The number of nitrogens with two attached hydrogens (primary N) is 1. The van der Waals surface area contributed by atoms with Crippen LogP contribution in [0.2, 0.25) is 0 Å². The molecule has 0 saturated heterocycles. The van der Waals surface area contributed by atoms with Gasteiger partial charge in [0.1, 0.15) is 4.90 Å². The zero-order valence-corrected chi connectivity index (χ0v) is 12.4. The Morgan fingerprint density at radius 2 is 2.10 bits per heavy atom. The van der Waals surface area contributed by atoms with Crippen molar-refractivity contribution in [3.8, 4) is 0 Å². The van der Waals surface area contributed by atoms with E-state index in [0.717, 1.165) is 0 Å². The molecule has 0 saturated carbocycles. The van der Waals surface area contributed by atoms with Crippen LogP contribution in [0.4, 0.5) is 5.69 Å². The minimum Gasteiger partial charge on any atom is -0.359 e. The van der Waals surface area contributed by atoms with Crippen molar-refractivity contribution in [1.82, 2.24) is 15.0 Å². The molecule has 112 valence electrons. The Morgan fingerprint density at radius 1 is 1.45 bits per heavy atom. The third-order valence-corrected chi connectivity index (χ3v) is 4.20. The minimum atomic E-state index is -3.81. The Bertz CT molecular complexity index is 585. The molecule has 0 aliphatic rings. The highest BCUT2D eigenvalue weighted by atomic mass is 32.2. The first-order valence-corrected chi connectivity index (χ1v) is 7.35. The van der Waals surface area contributed by atoms with Crippen LogP contribution >= 0.6 is 0 Å². The van der Waals surface area contributed by atoms with Gasteiger partial charge in [-0.15, -0.1) is 0 Å². The molecule has 1 amide bonds. The van der Waals surface area contributed by atoms with Gasteiger partial charge in [0.25, 0.3) is 0 Å². The smallest absolute Gasteiger partial charge is 0.244 e. The Kier molecular flexibility index (Phi) is 5.03. The maximum atomic E-state index is 12.2. The molecule has 0 bridgehead atoms. The molecule has 0 spiro atoms. The fourth-order valence-electron chi connectivity index (χ4n) is 1.49. The predicted octanol–water partition coefficient (Wildman–Crippen LogP) is -0.582. The van der Waals surface area contributed by atoms with Crippen LogP contribution in [0.5, 0.6) is 0 Å². The maximum absolute atomic E-state index is 12.2. The van der Waals surface area contributed by atoms with Crippen molar-refractivity contribution < 1.29 is 13.2 Å². The lowest BCUT2D eigenvalue weighted by molar-refractivity contribution is -0.128. The quantitative estimate of drug-likeness (QED) is 0.411. The fraction of sp³-hybridized carbons (Fsp3) is 0.455. The van der Waals surface area contributed by atoms with E-state index < -0.39 is 15.4 Å². The Balaban J connectivity index is 2.94. The number of carbonyl (C=O) groups excluding carboxylic acids is 1. The minimum absolute atomic E-state index is 0.0477. The lowest BCUT2D eigenvalue weighted by Gasteiger charge is -2.23. The predicted molar refractivity (Wildman–Crippen MR) is 75.1 cm³/mol. The average molecular weight is 301 g/mol. The van der Waals surface area contributed by atoms with Gasteiger partial charge in [-0.05, 0) is 19.9 Å². The summed E-state index contributed by atoms with van der Waals surface area (Å²) in [5.41, 5.74) is 1.65. The van der Waals surface area contributed by atoms with E-state index in [2.05, 4.69) is 20.4 Å². The number of rotatable bonds is 6.